The fourth-order valence-electron chi connectivity index (χ4n) is 5.49. The second-order valence-electron chi connectivity index (χ2n) is 10.1. The van der Waals surface area contributed by atoms with Gasteiger partial charge in [0.2, 0.25) is 5.91 Å². The van der Waals surface area contributed by atoms with E-state index in [1.165, 1.54) is 31.1 Å². The average molecular weight is 514 g/mol. The maximum absolute atomic E-state index is 11.5. The van der Waals surface area contributed by atoms with Crippen LogP contribution in [-0.4, -0.2) is 80.4 Å². The zero-order valence-electron chi connectivity index (χ0n) is 21.2. The number of anilines is 4. The molecule has 1 amide bonds. The number of carbonyl (C=O) groups excluding carboxylic acids is 1. The number of aromatic nitrogens is 2. The molecule has 2 atom stereocenters. The van der Waals surface area contributed by atoms with Crippen molar-refractivity contribution in [3.63, 3.8) is 0 Å². The first-order valence-electron chi connectivity index (χ1n) is 13.0. The third kappa shape index (κ3) is 5.18. The molecular weight excluding hydrogens is 478 g/mol. The summed E-state index contributed by atoms with van der Waals surface area (Å²) in [5.41, 5.74) is 6.90. The summed E-state index contributed by atoms with van der Waals surface area (Å²) in [4.78, 5) is 30.5. The standard InChI is InChI=1S/C26H36ClN7O2/c1-18-16-32(26-22(27)12-20(15-29-26)25(28)35)8-9-33(18)21-13-23(31-6-4-3-5-7-31)30-24(14-21)34-10-11-36-17-19(34)2/h12-15,18-19H,3-11,16-17H2,1-2H3,(H2,28,35)/t18-,19-/m1/s1. The number of morpholine rings is 1. The van der Waals surface area contributed by atoms with E-state index >= 15 is 0 Å². The Morgan fingerprint density at radius 2 is 1.75 bits per heavy atom. The largest absolute Gasteiger partial charge is 0.377 e. The van der Waals surface area contributed by atoms with E-state index in [0.717, 1.165) is 64.1 Å². The Labute approximate surface area is 218 Å². The lowest BCUT2D eigenvalue weighted by molar-refractivity contribution is 0.0985. The number of piperidine rings is 1. The molecule has 3 fully saturated rings. The van der Waals surface area contributed by atoms with E-state index in [4.69, 9.17) is 27.1 Å². The van der Waals surface area contributed by atoms with Crippen molar-refractivity contribution in [2.45, 2.75) is 45.2 Å². The van der Waals surface area contributed by atoms with Crippen molar-refractivity contribution in [2.24, 2.45) is 5.73 Å². The van der Waals surface area contributed by atoms with Crippen LogP contribution < -0.4 is 25.3 Å². The van der Waals surface area contributed by atoms with Crippen molar-refractivity contribution in [1.82, 2.24) is 9.97 Å². The molecule has 0 aliphatic carbocycles. The number of amides is 1. The molecule has 10 heteroatoms. The van der Waals surface area contributed by atoms with E-state index in [2.05, 4.69) is 50.6 Å². The summed E-state index contributed by atoms with van der Waals surface area (Å²) in [7, 11) is 0. The second kappa shape index (κ2) is 10.7. The Morgan fingerprint density at radius 3 is 2.44 bits per heavy atom. The molecule has 0 spiro atoms. The first-order valence-corrected chi connectivity index (χ1v) is 13.4. The molecule has 0 bridgehead atoms. The van der Waals surface area contributed by atoms with E-state index in [1.54, 1.807) is 6.07 Å². The molecule has 36 heavy (non-hydrogen) atoms. The zero-order valence-corrected chi connectivity index (χ0v) is 22.0. The predicted molar refractivity (Wildman–Crippen MR) is 145 cm³/mol. The number of hydrogen-bond acceptors (Lipinski definition) is 8. The molecule has 2 N–H and O–H groups in total. The molecule has 0 aromatic carbocycles. The molecule has 9 nitrogen and oxygen atoms in total. The summed E-state index contributed by atoms with van der Waals surface area (Å²) in [6, 6.07) is 6.64. The average Bonchev–Trinajstić information content (AvgIpc) is 2.89. The number of piperazine rings is 1. The van der Waals surface area contributed by atoms with Gasteiger partial charge in [-0.2, -0.15) is 0 Å². The van der Waals surface area contributed by atoms with Crippen LogP contribution in [0.1, 0.15) is 43.5 Å². The number of rotatable bonds is 5. The molecule has 5 heterocycles. The molecule has 2 aromatic rings. The van der Waals surface area contributed by atoms with Gasteiger partial charge in [0.15, 0.2) is 0 Å². The van der Waals surface area contributed by atoms with Crippen molar-refractivity contribution >= 4 is 40.6 Å². The number of carbonyl (C=O) groups is 1. The van der Waals surface area contributed by atoms with Gasteiger partial charge in [-0.15, -0.1) is 0 Å². The quantitative estimate of drug-likeness (QED) is 0.652. The highest BCUT2D eigenvalue weighted by Crippen LogP contribution is 2.33. The molecule has 2 aromatic heterocycles. The Bertz CT molecular complexity index is 1090. The fraction of sp³-hybridized carbons (Fsp3) is 0.577. The summed E-state index contributed by atoms with van der Waals surface area (Å²) in [5.74, 6) is 2.27. The monoisotopic (exact) mass is 513 g/mol. The highest BCUT2D eigenvalue weighted by Gasteiger charge is 2.29. The van der Waals surface area contributed by atoms with Gasteiger partial charge in [-0.3, -0.25) is 4.79 Å². The maximum atomic E-state index is 11.5. The van der Waals surface area contributed by atoms with Gasteiger partial charge in [0.25, 0.3) is 0 Å². The van der Waals surface area contributed by atoms with Crippen LogP contribution in [0.4, 0.5) is 23.1 Å². The number of ether oxygens (including phenoxy) is 1. The number of nitrogens with two attached hydrogens (primary N) is 1. The van der Waals surface area contributed by atoms with Crippen molar-refractivity contribution in [3.8, 4) is 0 Å². The van der Waals surface area contributed by atoms with Crippen molar-refractivity contribution in [1.29, 1.82) is 0 Å². The molecule has 0 unspecified atom stereocenters. The highest BCUT2D eigenvalue weighted by atomic mass is 35.5. The molecule has 0 radical (unpaired) electrons. The van der Waals surface area contributed by atoms with Crippen LogP contribution in [0.25, 0.3) is 0 Å². The number of primary amides is 1. The topological polar surface area (TPSA) is 91.1 Å². The lowest BCUT2D eigenvalue weighted by Crippen LogP contribution is -2.52. The summed E-state index contributed by atoms with van der Waals surface area (Å²) in [5, 5.41) is 0.451. The van der Waals surface area contributed by atoms with E-state index in [0.29, 0.717) is 22.4 Å². The summed E-state index contributed by atoms with van der Waals surface area (Å²) in [6.07, 6.45) is 5.23. The minimum Gasteiger partial charge on any atom is -0.377 e. The van der Waals surface area contributed by atoms with E-state index in [1.807, 2.05) is 0 Å². The normalized spacial score (nSPS) is 23.2. The maximum Gasteiger partial charge on any atom is 0.250 e. The van der Waals surface area contributed by atoms with Gasteiger partial charge < -0.3 is 30.1 Å². The van der Waals surface area contributed by atoms with Gasteiger partial charge >= 0.3 is 0 Å². The molecule has 3 saturated heterocycles. The Balaban J connectivity index is 1.40. The third-order valence-corrected chi connectivity index (χ3v) is 7.77. The van der Waals surface area contributed by atoms with Crippen LogP contribution in [0.15, 0.2) is 24.4 Å². The molecule has 5 rings (SSSR count). The first-order chi connectivity index (χ1) is 17.4. The minimum absolute atomic E-state index is 0.235. The Morgan fingerprint density at radius 1 is 0.972 bits per heavy atom. The Kier molecular flexibility index (Phi) is 7.39. The molecular formula is C26H36ClN7O2. The van der Waals surface area contributed by atoms with Crippen LogP contribution in [0.2, 0.25) is 5.02 Å². The van der Waals surface area contributed by atoms with Crippen LogP contribution in [0, 0.1) is 0 Å². The minimum atomic E-state index is -0.526. The lowest BCUT2D eigenvalue weighted by Gasteiger charge is -2.43. The number of hydrogen-bond donors (Lipinski definition) is 1. The van der Waals surface area contributed by atoms with Crippen LogP contribution in [0.5, 0.6) is 0 Å². The molecule has 0 saturated carbocycles. The predicted octanol–water partition coefficient (Wildman–Crippen LogP) is 3.16. The Hall–Kier alpha value is -2.78. The summed E-state index contributed by atoms with van der Waals surface area (Å²) < 4.78 is 5.69. The fourth-order valence-corrected chi connectivity index (χ4v) is 5.77. The van der Waals surface area contributed by atoms with Gasteiger partial charge in [-0.1, -0.05) is 11.6 Å². The SMILES string of the molecule is C[C@@H]1CN(c2ncc(C(N)=O)cc2Cl)CCN1c1cc(N2CCCCC2)nc(N2CCOC[C@H]2C)c1. The number of pyridine rings is 2. The van der Waals surface area contributed by atoms with E-state index in [9.17, 15) is 4.79 Å². The van der Waals surface area contributed by atoms with Gasteiger partial charge in [-0.05, 0) is 39.2 Å². The third-order valence-electron chi connectivity index (χ3n) is 7.49. The molecule has 3 aliphatic rings. The summed E-state index contributed by atoms with van der Waals surface area (Å²) >= 11 is 6.48. The van der Waals surface area contributed by atoms with Crippen LogP contribution >= 0.6 is 11.6 Å². The second-order valence-corrected chi connectivity index (χ2v) is 10.5. The van der Waals surface area contributed by atoms with Crippen LogP contribution in [0.3, 0.4) is 0 Å². The molecule has 194 valence electrons. The van der Waals surface area contributed by atoms with Gasteiger partial charge in [0, 0.05) is 69.3 Å². The zero-order chi connectivity index (χ0) is 25.2. The lowest BCUT2D eigenvalue weighted by atomic mass is 10.1. The number of halogens is 1. The van der Waals surface area contributed by atoms with Crippen molar-refractivity contribution < 1.29 is 9.53 Å². The number of nitrogens with zero attached hydrogens (tertiary/aromatic N) is 6. The highest BCUT2D eigenvalue weighted by molar-refractivity contribution is 6.33. The van der Waals surface area contributed by atoms with Gasteiger partial charge in [0.1, 0.15) is 17.5 Å². The van der Waals surface area contributed by atoms with Crippen molar-refractivity contribution in [3.05, 3.63) is 35.0 Å². The van der Waals surface area contributed by atoms with E-state index in [-0.39, 0.29) is 6.04 Å². The van der Waals surface area contributed by atoms with E-state index < -0.39 is 5.91 Å². The summed E-state index contributed by atoms with van der Waals surface area (Å²) in [6.45, 7) is 11.2. The first kappa shape index (κ1) is 24.9. The van der Waals surface area contributed by atoms with Gasteiger partial charge in [-0.25, -0.2) is 9.97 Å². The smallest absolute Gasteiger partial charge is 0.250 e. The van der Waals surface area contributed by atoms with Crippen molar-refractivity contribution in [2.75, 3.05) is 72.1 Å². The van der Waals surface area contributed by atoms with Crippen LogP contribution in [-0.2, 0) is 4.74 Å². The van der Waals surface area contributed by atoms with Gasteiger partial charge in [0.05, 0.1) is 29.8 Å². The molecule has 3 aliphatic heterocycles.